The predicted octanol–water partition coefficient (Wildman–Crippen LogP) is 3.44. The molecule has 1 heterocycles. The maximum absolute atomic E-state index is 13.4. The van der Waals surface area contributed by atoms with E-state index in [2.05, 4.69) is 19.2 Å². The van der Waals surface area contributed by atoms with Crippen molar-refractivity contribution in [3.8, 4) is 5.75 Å². The SMILES string of the molecule is CNC(C)c1cc(F)ccc1OCC1CCC(C)(C)O1. The van der Waals surface area contributed by atoms with Gasteiger partial charge in [0.1, 0.15) is 18.2 Å². The first kappa shape index (κ1) is 15.3. The Morgan fingerprint density at radius 2 is 2.25 bits per heavy atom. The van der Waals surface area contributed by atoms with Crippen molar-refractivity contribution in [3.63, 3.8) is 0 Å². The standard InChI is InChI=1S/C16H24FNO2/c1-11(18-4)14-9-12(17)5-6-15(14)19-10-13-7-8-16(2,3)20-13/h5-6,9,11,13,18H,7-8,10H2,1-4H3. The quantitative estimate of drug-likeness (QED) is 0.896. The average molecular weight is 281 g/mol. The highest BCUT2D eigenvalue weighted by Gasteiger charge is 2.32. The summed E-state index contributed by atoms with van der Waals surface area (Å²) >= 11 is 0. The molecule has 20 heavy (non-hydrogen) atoms. The minimum atomic E-state index is -0.243. The van der Waals surface area contributed by atoms with E-state index in [4.69, 9.17) is 9.47 Å². The first-order valence-corrected chi connectivity index (χ1v) is 7.18. The number of hydrogen-bond acceptors (Lipinski definition) is 3. The van der Waals surface area contributed by atoms with Crippen LogP contribution in [-0.4, -0.2) is 25.4 Å². The van der Waals surface area contributed by atoms with Gasteiger partial charge in [-0.3, -0.25) is 0 Å². The zero-order valence-corrected chi connectivity index (χ0v) is 12.7. The molecule has 1 saturated heterocycles. The molecule has 1 aliphatic heterocycles. The minimum Gasteiger partial charge on any atom is -0.491 e. The van der Waals surface area contributed by atoms with Gasteiger partial charge in [0.25, 0.3) is 0 Å². The fourth-order valence-corrected chi connectivity index (χ4v) is 2.52. The van der Waals surface area contributed by atoms with Crippen LogP contribution in [0.25, 0.3) is 0 Å². The molecule has 2 rings (SSSR count). The normalized spacial score (nSPS) is 22.8. The molecular weight excluding hydrogens is 257 g/mol. The van der Waals surface area contributed by atoms with Gasteiger partial charge in [0, 0.05) is 11.6 Å². The van der Waals surface area contributed by atoms with Gasteiger partial charge in [-0.25, -0.2) is 4.39 Å². The van der Waals surface area contributed by atoms with Crippen LogP contribution in [0.5, 0.6) is 5.75 Å². The second-order valence-corrected chi connectivity index (χ2v) is 6.04. The number of hydrogen-bond donors (Lipinski definition) is 1. The molecule has 1 N–H and O–H groups in total. The highest BCUT2D eigenvalue weighted by atomic mass is 19.1. The molecule has 1 aliphatic rings. The van der Waals surface area contributed by atoms with Gasteiger partial charge in [0.15, 0.2) is 0 Å². The van der Waals surface area contributed by atoms with Gasteiger partial charge in [0.05, 0.1) is 11.7 Å². The number of rotatable bonds is 5. The molecular formula is C16H24FNO2. The number of nitrogens with one attached hydrogen (secondary N) is 1. The minimum absolute atomic E-state index is 0.0432. The third kappa shape index (κ3) is 3.70. The second kappa shape index (κ2) is 6.10. The predicted molar refractivity (Wildman–Crippen MR) is 77.6 cm³/mol. The van der Waals surface area contributed by atoms with Crippen molar-refractivity contribution in [1.82, 2.24) is 5.32 Å². The van der Waals surface area contributed by atoms with Crippen LogP contribution in [0.2, 0.25) is 0 Å². The molecule has 1 aromatic rings. The molecule has 0 spiro atoms. The lowest BCUT2D eigenvalue weighted by atomic mass is 10.1. The lowest BCUT2D eigenvalue weighted by Gasteiger charge is -2.21. The van der Waals surface area contributed by atoms with Crippen LogP contribution >= 0.6 is 0 Å². The van der Waals surface area contributed by atoms with Crippen molar-refractivity contribution >= 4 is 0 Å². The molecule has 1 fully saturated rings. The van der Waals surface area contributed by atoms with Crippen molar-refractivity contribution in [2.24, 2.45) is 0 Å². The highest BCUT2D eigenvalue weighted by molar-refractivity contribution is 5.36. The van der Waals surface area contributed by atoms with Gasteiger partial charge < -0.3 is 14.8 Å². The number of halogens is 1. The Labute approximate surface area is 120 Å². The molecule has 0 aromatic heterocycles. The van der Waals surface area contributed by atoms with E-state index in [1.54, 1.807) is 6.07 Å². The first-order valence-electron chi connectivity index (χ1n) is 7.18. The summed E-state index contributed by atoms with van der Waals surface area (Å²) in [6.45, 7) is 6.69. The van der Waals surface area contributed by atoms with Gasteiger partial charge in [0.2, 0.25) is 0 Å². The van der Waals surface area contributed by atoms with Crippen LogP contribution in [0, 0.1) is 5.82 Å². The van der Waals surface area contributed by atoms with Crippen LogP contribution in [0.1, 0.15) is 45.2 Å². The Balaban J connectivity index is 2.02. The Hall–Kier alpha value is -1.13. The zero-order chi connectivity index (χ0) is 14.8. The Morgan fingerprint density at radius 3 is 2.85 bits per heavy atom. The molecule has 0 bridgehead atoms. The van der Waals surface area contributed by atoms with E-state index in [1.165, 1.54) is 12.1 Å². The summed E-state index contributed by atoms with van der Waals surface area (Å²) in [7, 11) is 1.85. The lowest BCUT2D eigenvalue weighted by Crippen LogP contribution is -2.24. The largest absolute Gasteiger partial charge is 0.491 e. The monoisotopic (exact) mass is 281 g/mol. The van der Waals surface area contributed by atoms with Crippen LogP contribution < -0.4 is 10.1 Å². The Kier molecular flexibility index (Phi) is 4.66. The van der Waals surface area contributed by atoms with Crippen molar-refractivity contribution in [2.45, 2.75) is 51.4 Å². The fraction of sp³-hybridized carbons (Fsp3) is 0.625. The molecule has 0 saturated carbocycles. The van der Waals surface area contributed by atoms with Gasteiger partial charge in [-0.1, -0.05) is 0 Å². The van der Waals surface area contributed by atoms with E-state index in [0.717, 1.165) is 24.2 Å². The summed E-state index contributed by atoms with van der Waals surface area (Å²) in [6, 6.07) is 4.69. The molecule has 0 radical (unpaired) electrons. The molecule has 0 amide bonds. The van der Waals surface area contributed by atoms with Gasteiger partial charge in [-0.05, 0) is 58.9 Å². The molecule has 0 aliphatic carbocycles. The van der Waals surface area contributed by atoms with Crippen LogP contribution in [-0.2, 0) is 4.74 Å². The number of benzene rings is 1. The topological polar surface area (TPSA) is 30.5 Å². The van der Waals surface area contributed by atoms with Crippen molar-refractivity contribution in [1.29, 1.82) is 0 Å². The highest BCUT2D eigenvalue weighted by Crippen LogP contribution is 2.31. The third-order valence-electron chi connectivity index (χ3n) is 3.85. The maximum atomic E-state index is 13.4. The summed E-state index contributed by atoms with van der Waals surface area (Å²) in [4.78, 5) is 0. The Bertz CT molecular complexity index is 462. The number of ether oxygens (including phenoxy) is 2. The van der Waals surface area contributed by atoms with Gasteiger partial charge in [-0.15, -0.1) is 0 Å². The zero-order valence-electron chi connectivity index (χ0n) is 12.7. The summed E-state index contributed by atoms with van der Waals surface area (Å²) in [5.41, 5.74) is 0.780. The van der Waals surface area contributed by atoms with Crippen molar-refractivity contribution < 1.29 is 13.9 Å². The van der Waals surface area contributed by atoms with E-state index in [-0.39, 0.29) is 23.6 Å². The van der Waals surface area contributed by atoms with Crippen molar-refractivity contribution in [3.05, 3.63) is 29.6 Å². The molecule has 1 aromatic carbocycles. The molecule has 3 nitrogen and oxygen atoms in total. The molecule has 112 valence electrons. The van der Waals surface area contributed by atoms with E-state index in [9.17, 15) is 4.39 Å². The summed E-state index contributed by atoms with van der Waals surface area (Å²) in [6.07, 6.45) is 2.17. The molecule has 2 unspecified atom stereocenters. The van der Waals surface area contributed by atoms with E-state index >= 15 is 0 Å². The van der Waals surface area contributed by atoms with Crippen LogP contribution in [0.4, 0.5) is 4.39 Å². The van der Waals surface area contributed by atoms with E-state index in [0.29, 0.717) is 6.61 Å². The summed E-state index contributed by atoms with van der Waals surface area (Å²) in [5, 5.41) is 3.11. The van der Waals surface area contributed by atoms with Crippen LogP contribution in [0.3, 0.4) is 0 Å². The van der Waals surface area contributed by atoms with Crippen LogP contribution in [0.15, 0.2) is 18.2 Å². The third-order valence-corrected chi connectivity index (χ3v) is 3.85. The maximum Gasteiger partial charge on any atom is 0.124 e. The first-order chi connectivity index (χ1) is 9.41. The summed E-state index contributed by atoms with van der Waals surface area (Å²) < 4.78 is 25.1. The summed E-state index contributed by atoms with van der Waals surface area (Å²) in [5.74, 6) is 0.481. The molecule has 2 atom stereocenters. The average Bonchev–Trinajstić information content (AvgIpc) is 2.76. The van der Waals surface area contributed by atoms with E-state index in [1.807, 2.05) is 14.0 Å². The smallest absolute Gasteiger partial charge is 0.124 e. The molecule has 4 heteroatoms. The fourth-order valence-electron chi connectivity index (χ4n) is 2.52. The van der Waals surface area contributed by atoms with E-state index < -0.39 is 0 Å². The second-order valence-electron chi connectivity index (χ2n) is 6.04. The van der Waals surface area contributed by atoms with Gasteiger partial charge >= 0.3 is 0 Å². The lowest BCUT2D eigenvalue weighted by molar-refractivity contribution is -0.0328. The Morgan fingerprint density at radius 1 is 1.50 bits per heavy atom. The van der Waals surface area contributed by atoms with Gasteiger partial charge in [-0.2, -0.15) is 0 Å². The van der Waals surface area contributed by atoms with Crippen molar-refractivity contribution in [2.75, 3.05) is 13.7 Å².